The summed E-state index contributed by atoms with van der Waals surface area (Å²) >= 11 is 0. The number of nitrogens with zero attached hydrogens (tertiary/aromatic N) is 2. The summed E-state index contributed by atoms with van der Waals surface area (Å²) in [4.78, 5) is 19.2. The van der Waals surface area contributed by atoms with E-state index in [1.165, 1.54) is 18.2 Å². The first kappa shape index (κ1) is 20.2. The summed E-state index contributed by atoms with van der Waals surface area (Å²) in [6.07, 6.45) is 3.21. The van der Waals surface area contributed by atoms with Crippen molar-refractivity contribution in [2.75, 3.05) is 0 Å². The van der Waals surface area contributed by atoms with Crippen LogP contribution in [0.15, 0.2) is 79.1 Å². The third-order valence-corrected chi connectivity index (χ3v) is 4.85. The van der Waals surface area contributed by atoms with Gasteiger partial charge in [0.15, 0.2) is 0 Å². The molecule has 4 aromatic rings. The van der Waals surface area contributed by atoms with E-state index in [0.29, 0.717) is 28.3 Å². The fourth-order valence-electron chi connectivity index (χ4n) is 3.18. The Bertz CT molecular complexity index is 1220. The number of para-hydroxylation sites is 1. The third-order valence-electron chi connectivity index (χ3n) is 4.85. The van der Waals surface area contributed by atoms with Crippen molar-refractivity contribution in [2.45, 2.75) is 13.5 Å². The molecule has 0 fully saturated rings. The summed E-state index contributed by atoms with van der Waals surface area (Å²) in [7, 11) is 0. The number of aromatic nitrogens is 2. The number of carboxylic acids is 1. The van der Waals surface area contributed by atoms with Gasteiger partial charge in [-0.1, -0.05) is 42.5 Å². The molecule has 0 amide bonds. The third kappa shape index (κ3) is 4.59. The van der Waals surface area contributed by atoms with E-state index < -0.39 is 5.97 Å². The van der Waals surface area contributed by atoms with E-state index in [1.807, 2.05) is 30.3 Å². The van der Waals surface area contributed by atoms with E-state index in [4.69, 9.17) is 9.84 Å². The van der Waals surface area contributed by atoms with Crippen molar-refractivity contribution in [2.24, 2.45) is 0 Å². The average Bonchev–Trinajstić information content (AvgIpc) is 2.79. The molecule has 0 aliphatic rings. The molecule has 31 heavy (non-hydrogen) atoms. The van der Waals surface area contributed by atoms with Gasteiger partial charge in [0.05, 0.1) is 5.56 Å². The normalized spacial score (nSPS) is 10.6. The maximum Gasteiger partial charge on any atom is 0.335 e. The molecule has 0 saturated heterocycles. The molecule has 0 aliphatic heterocycles. The number of rotatable bonds is 6. The van der Waals surface area contributed by atoms with Crippen LogP contribution in [-0.4, -0.2) is 21.0 Å². The van der Waals surface area contributed by atoms with Crippen molar-refractivity contribution < 1.29 is 19.0 Å². The molecule has 0 saturated carbocycles. The molecule has 0 spiro atoms. The standard InChI is InChI=1S/C25H19FN2O3/c1-16-27-13-20(14-28-16)21-11-10-19(12-23(21)26)22-4-2-3-5-24(22)31-15-17-6-8-18(9-7-17)25(29)30/h2-14H,15H2,1H3,(H,29,30). The maximum absolute atomic E-state index is 14.9. The van der Waals surface area contributed by atoms with Gasteiger partial charge in [0.25, 0.3) is 0 Å². The predicted octanol–water partition coefficient (Wildman–Crippen LogP) is 5.54. The molecule has 3 aromatic carbocycles. The van der Waals surface area contributed by atoms with Crippen LogP contribution in [0.25, 0.3) is 22.3 Å². The van der Waals surface area contributed by atoms with Crippen LogP contribution in [0.5, 0.6) is 5.75 Å². The number of aromatic carboxylic acids is 1. The van der Waals surface area contributed by atoms with Crippen LogP contribution in [0.4, 0.5) is 4.39 Å². The Hall–Kier alpha value is -4.06. The molecule has 6 heteroatoms. The molecule has 154 valence electrons. The fraction of sp³-hybridized carbons (Fsp3) is 0.0800. The number of benzene rings is 3. The Morgan fingerprint density at radius 3 is 2.32 bits per heavy atom. The highest BCUT2D eigenvalue weighted by Gasteiger charge is 2.12. The molecule has 0 aliphatic carbocycles. The first-order chi connectivity index (χ1) is 15.0. The second kappa shape index (κ2) is 8.75. The lowest BCUT2D eigenvalue weighted by Crippen LogP contribution is -1.99. The molecule has 1 aromatic heterocycles. The van der Waals surface area contributed by atoms with E-state index >= 15 is 0 Å². The number of aryl methyl sites for hydroxylation is 1. The highest BCUT2D eigenvalue weighted by molar-refractivity contribution is 5.87. The number of ether oxygens (including phenoxy) is 1. The lowest BCUT2D eigenvalue weighted by molar-refractivity contribution is 0.0697. The van der Waals surface area contributed by atoms with Gasteiger partial charge in [-0.2, -0.15) is 0 Å². The Morgan fingerprint density at radius 1 is 0.935 bits per heavy atom. The molecular formula is C25H19FN2O3. The van der Waals surface area contributed by atoms with Crippen LogP contribution in [-0.2, 0) is 6.61 Å². The van der Waals surface area contributed by atoms with Crippen molar-refractivity contribution in [3.8, 4) is 28.0 Å². The molecule has 0 unspecified atom stereocenters. The van der Waals surface area contributed by atoms with Crippen molar-refractivity contribution in [3.63, 3.8) is 0 Å². The summed E-state index contributed by atoms with van der Waals surface area (Å²) in [6, 6.07) is 18.9. The Kier molecular flexibility index (Phi) is 5.71. The van der Waals surface area contributed by atoms with Crippen LogP contribution in [0.1, 0.15) is 21.7 Å². The topological polar surface area (TPSA) is 72.3 Å². The zero-order valence-corrected chi connectivity index (χ0v) is 16.7. The van der Waals surface area contributed by atoms with Crippen molar-refractivity contribution >= 4 is 5.97 Å². The summed E-state index contributed by atoms with van der Waals surface area (Å²) < 4.78 is 20.8. The van der Waals surface area contributed by atoms with E-state index in [0.717, 1.165) is 11.1 Å². The van der Waals surface area contributed by atoms with Gasteiger partial charge in [-0.15, -0.1) is 0 Å². The van der Waals surface area contributed by atoms with Crippen LogP contribution < -0.4 is 4.74 Å². The summed E-state index contributed by atoms with van der Waals surface area (Å²) in [5.41, 5.74) is 3.55. The van der Waals surface area contributed by atoms with Crippen LogP contribution in [0.3, 0.4) is 0 Å². The molecule has 0 bridgehead atoms. The van der Waals surface area contributed by atoms with E-state index in [1.54, 1.807) is 37.5 Å². The highest BCUT2D eigenvalue weighted by Crippen LogP contribution is 2.33. The number of hydrogen-bond donors (Lipinski definition) is 1. The molecular weight excluding hydrogens is 395 g/mol. The van der Waals surface area contributed by atoms with Gasteiger partial charge in [0, 0.05) is 29.1 Å². The second-order valence-electron chi connectivity index (χ2n) is 7.00. The molecule has 0 radical (unpaired) electrons. The number of halogens is 1. The smallest absolute Gasteiger partial charge is 0.335 e. The maximum atomic E-state index is 14.9. The van der Waals surface area contributed by atoms with Crippen molar-refractivity contribution in [3.05, 3.63) is 102 Å². The van der Waals surface area contributed by atoms with Gasteiger partial charge in [0.2, 0.25) is 0 Å². The lowest BCUT2D eigenvalue weighted by Gasteiger charge is -2.13. The minimum Gasteiger partial charge on any atom is -0.488 e. The molecule has 1 N–H and O–H groups in total. The van der Waals surface area contributed by atoms with E-state index in [9.17, 15) is 9.18 Å². The SMILES string of the molecule is Cc1ncc(-c2ccc(-c3ccccc3OCc3ccc(C(=O)O)cc3)cc2F)cn1. The van der Waals surface area contributed by atoms with E-state index in [-0.39, 0.29) is 18.0 Å². The summed E-state index contributed by atoms with van der Waals surface area (Å²) in [5, 5.41) is 9.00. The summed E-state index contributed by atoms with van der Waals surface area (Å²) in [5.74, 6) is -0.107. The molecule has 1 heterocycles. The zero-order chi connectivity index (χ0) is 21.8. The first-order valence-corrected chi connectivity index (χ1v) is 9.64. The highest BCUT2D eigenvalue weighted by atomic mass is 19.1. The second-order valence-corrected chi connectivity index (χ2v) is 7.00. The van der Waals surface area contributed by atoms with Gasteiger partial charge in [-0.05, 0) is 42.3 Å². The Labute approximate surface area is 178 Å². The number of hydrogen-bond acceptors (Lipinski definition) is 4. The van der Waals surface area contributed by atoms with Gasteiger partial charge in [-0.3, -0.25) is 0 Å². The van der Waals surface area contributed by atoms with Crippen LogP contribution in [0, 0.1) is 12.7 Å². The minimum atomic E-state index is -0.972. The van der Waals surface area contributed by atoms with Gasteiger partial charge in [0.1, 0.15) is 24.0 Å². The van der Waals surface area contributed by atoms with Crippen molar-refractivity contribution in [1.82, 2.24) is 9.97 Å². The Morgan fingerprint density at radius 2 is 1.65 bits per heavy atom. The summed E-state index contributed by atoms with van der Waals surface area (Å²) in [6.45, 7) is 2.04. The monoisotopic (exact) mass is 414 g/mol. The van der Waals surface area contributed by atoms with Gasteiger partial charge in [-0.25, -0.2) is 19.2 Å². The van der Waals surface area contributed by atoms with Crippen molar-refractivity contribution in [1.29, 1.82) is 0 Å². The molecule has 0 atom stereocenters. The number of carboxylic acid groups (broad SMARTS) is 1. The Balaban J connectivity index is 1.57. The fourth-order valence-corrected chi connectivity index (χ4v) is 3.18. The predicted molar refractivity (Wildman–Crippen MR) is 115 cm³/mol. The molecule has 5 nitrogen and oxygen atoms in total. The number of carbonyl (C=O) groups is 1. The lowest BCUT2D eigenvalue weighted by atomic mass is 10.0. The quantitative estimate of drug-likeness (QED) is 0.449. The zero-order valence-electron chi connectivity index (χ0n) is 16.7. The van der Waals surface area contributed by atoms with E-state index in [2.05, 4.69) is 9.97 Å². The average molecular weight is 414 g/mol. The van der Waals surface area contributed by atoms with Gasteiger partial charge >= 0.3 is 5.97 Å². The minimum absolute atomic E-state index is 0.221. The largest absolute Gasteiger partial charge is 0.488 e. The van der Waals surface area contributed by atoms with Crippen LogP contribution >= 0.6 is 0 Å². The van der Waals surface area contributed by atoms with Gasteiger partial charge < -0.3 is 9.84 Å². The van der Waals surface area contributed by atoms with Crippen LogP contribution in [0.2, 0.25) is 0 Å². The first-order valence-electron chi connectivity index (χ1n) is 9.64. The molecule has 4 rings (SSSR count).